The van der Waals surface area contributed by atoms with E-state index in [1.54, 1.807) is 0 Å². The molecule has 0 aromatic heterocycles. The predicted octanol–water partition coefficient (Wildman–Crippen LogP) is -0.522. The first kappa shape index (κ1) is 9.48. The molecule has 4 heteroatoms. The maximum Gasteiger partial charge on any atom is 0.111 e. The molecule has 4 nitrogen and oxygen atoms in total. The fourth-order valence-corrected chi connectivity index (χ4v) is 1.39. The number of rotatable bonds is 3. The highest BCUT2D eigenvalue weighted by molar-refractivity contribution is 5.85. The molecule has 1 saturated heterocycles. The first-order valence-electron chi connectivity index (χ1n) is 4.48. The van der Waals surface area contributed by atoms with E-state index in [2.05, 4.69) is 10.3 Å². The van der Waals surface area contributed by atoms with Gasteiger partial charge in [0, 0.05) is 0 Å². The minimum absolute atomic E-state index is 0.0768. The zero-order valence-electron chi connectivity index (χ0n) is 7.29. The van der Waals surface area contributed by atoms with Gasteiger partial charge in [0.05, 0.1) is 19.2 Å². The van der Waals surface area contributed by atoms with Crippen LogP contribution < -0.4 is 11.1 Å². The molecule has 1 rings (SSSR count). The average Bonchev–Trinajstić information content (AvgIpc) is 2.15. The molecule has 0 spiro atoms. The van der Waals surface area contributed by atoms with Gasteiger partial charge >= 0.3 is 0 Å². The Balaban J connectivity index is 2.33. The van der Waals surface area contributed by atoms with E-state index in [-0.39, 0.29) is 12.6 Å². The molecule has 0 aliphatic carbocycles. The van der Waals surface area contributed by atoms with Crippen LogP contribution in [-0.2, 0) is 0 Å². The zero-order valence-corrected chi connectivity index (χ0v) is 7.29. The van der Waals surface area contributed by atoms with Crippen LogP contribution in [-0.4, -0.2) is 36.7 Å². The van der Waals surface area contributed by atoms with Crippen LogP contribution in [0.4, 0.5) is 0 Å². The average molecular weight is 171 g/mol. The van der Waals surface area contributed by atoms with Gasteiger partial charge in [0.25, 0.3) is 0 Å². The van der Waals surface area contributed by atoms with Crippen molar-refractivity contribution < 1.29 is 5.11 Å². The van der Waals surface area contributed by atoms with Crippen LogP contribution in [0.25, 0.3) is 0 Å². The molecule has 12 heavy (non-hydrogen) atoms. The normalized spacial score (nSPS) is 25.8. The molecule has 0 bridgehead atoms. The van der Waals surface area contributed by atoms with Gasteiger partial charge in [0.1, 0.15) is 5.84 Å². The Morgan fingerprint density at radius 2 is 2.42 bits per heavy atom. The summed E-state index contributed by atoms with van der Waals surface area (Å²) in [5.41, 5.74) is 5.71. The number of aliphatic hydroxyl groups excluding tert-OH is 1. The van der Waals surface area contributed by atoms with E-state index in [1.165, 1.54) is 12.8 Å². The first-order valence-corrected chi connectivity index (χ1v) is 4.48. The maximum absolute atomic E-state index is 8.53. The molecular weight excluding hydrogens is 154 g/mol. The lowest BCUT2D eigenvalue weighted by Gasteiger charge is -2.22. The summed E-state index contributed by atoms with van der Waals surface area (Å²) >= 11 is 0. The molecule has 4 N–H and O–H groups in total. The van der Waals surface area contributed by atoms with Gasteiger partial charge in [-0.3, -0.25) is 4.99 Å². The van der Waals surface area contributed by atoms with Crippen molar-refractivity contribution in [2.75, 3.05) is 19.7 Å². The summed E-state index contributed by atoms with van der Waals surface area (Å²) in [5.74, 6) is 0.642. The second kappa shape index (κ2) is 5.11. The van der Waals surface area contributed by atoms with Crippen LogP contribution in [0.3, 0.4) is 0 Å². The number of aliphatic imine (C=N–C) groups is 1. The number of amidine groups is 1. The van der Waals surface area contributed by atoms with E-state index in [0.29, 0.717) is 12.4 Å². The first-order chi connectivity index (χ1) is 5.84. The maximum atomic E-state index is 8.53. The van der Waals surface area contributed by atoms with Crippen molar-refractivity contribution in [1.29, 1.82) is 0 Å². The van der Waals surface area contributed by atoms with Crippen LogP contribution in [0.1, 0.15) is 19.3 Å². The number of piperidine rings is 1. The smallest absolute Gasteiger partial charge is 0.111 e. The Morgan fingerprint density at radius 3 is 3.00 bits per heavy atom. The van der Waals surface area contributed by atoms with Gasteiger partial charge in [-0.1, -0.05) is 6.42 Å². The predicted molar refractivity (Wildman–Crippen MR) is 49.2 cm³/mol. The molecule has 0 aromatic rings. The highest BCUT2D eigenvalue weighted by atomic mass is 16.3. The molecule has 0 saturated carbocycles. The molecule has 1 aliphatic heterocycles. The van der Waals surface area contributed by atoms with Crippen molar-refractivity contribution >= 4 is 5.84 Å². The van der Waals surface area contributed by atoms with Gasteiger partial charge < -0.3 is 16.2 Å². The largest absolute Gasteiger partial charge is 0.394 e. The van der Waals surface area contributed by atoms with Crippen LogP contribution in [0.2, 0.25) is 0 Å². The quantitative estimate of drug-likeness (QED) is 0.395. The Kier molecular flexibility index (Phi) is 4.04. The van der Waals surface area contributed by atoms with E-state index in [4.69, 9.17) is 10.8 Å². The minimum Gasteiger partial charge on any atom is -0.394 e. The minimum atomic E-state index is 0.0768. The SMILES string of the molecule is NC(=NCCO)C1CCCCN1. The molecule has 0 amide bonds. The van der Waals surface area contributed by atoms with Crippen LogP contribution in [0, 0.1) is 0 Å². The Hall–Kier alpha value is -0.610. The highest BCUT2D eigenvalue weighted by Crippen LogP contribution is 2.06. The molecule has 1 atom stereocenters. The Bertz CT molecular complexity index is 152. The second-order valence-corrected chi connectivity index (χ2v) is 3.03. The monoisotopic (exact) mass is 171 g/mol. The number of hydrogen-bond donors (Lipinski definition) is 3. The summed E-state index contributed by atoms with van der Waals surface area (Å²) in [6.45, 7) is 1.53. The van der Waals surface area contributed by atoms with Crippen molar-refractivity contribution in [1.82, 2.24) is 5.32 Å². The summed E-state index contributed by atoms with van der Waals surface area (Å²) in [7, 11) is 0. The fourth-order valence-electron chi connectivity index (χ4n) is 1.39. The summed E-state index contributed by atoms with van der Waals surface area (Å²) in [6, 6.07) is 0.241. The third-order valence-electron chi connectivity index (χ3n) is 2.06. The van der Waals surface area contributed by atoms with E-state index in [0.717, 1.165) is 13.0 Å². The third-order valence-corrected chi connectivity index (χ3v) is 2.06. The Morgan fingerprint density at radius 1 is 1.58 bits per heavy atom. The van der Waals surface area contributed by atoms with Crippen molar-refractivity contribution in [2.24, 2.45) is 10.7 Å². The van der Waals surface area contributed by atoms with E-state index in [9.17, 15) is 0 Å². The summed E-state index contributed by atoms with van der Waals surface area (Å²) in [5, 5.41) is 11.8. The van der Waals surface area contributed by atoms with Crippen molar-refractivity contribution in [3.05, 3.63) is 0 Å². The molecule has 1 heterocycles. The molecule has 0 aromatic carbocycles. The number of nitrogens with two attached hydrogens (primary N) is 1. The number of hydrogen-bond acceptors (Lipinski definition) is 3. The van der Waals surface area contributed by atoms with Crippen LogP contribution in [0.15, 0.2) is 4.99 Å². The van der Waals surface area contributed by atoms with Crippen LogP contribution in [0.5, 0.6) is 0 Å². The number of nitrogens with zero attached hydrogens (tertiary/aromatic N) is 1. The van der Waals surface area contributed by atoms with Gasteiger partial charge in [-0.05, 0) is 19.4 Å². The van der Waals surface area contributed by atoms with Gasteiger partial charge in [0.15, 0.2) is 0 Å². The van der Waals surface area contributed by atoms with Gasteiger partial charge in [0.2, 0.25) is 0 Å². The lowest BCUT2D eigenvalue weighted by Crippen LogP contribution is -2.44. The third kappa shape index (κ3) is 2.79. The summed E-state index contributed by atoms with van der Waals surface area (Å²) in [6.07, 6.45) is 3.51. The van der Waals surface area contributed by atoms with Gasteiger partial charge in [-0.15, -0.1) is 0 Å². The molecular formula is C8H17N3O. The standard InChI is InChI=1S/C8H17N3O/c9-8(11-5-6-12)7-3-1-2-4-10-7/h7,10,12H,1-6H2,(H2,9,11). The van der Waals surface area contributed by atoms with Crippen molar-refractivity contribution in [2.45, 2.75) is 25.3 Å². The molecule has 0 radical (unpaired) electrons. The van der Waals surface area contributed by atoms with E-state index in [1.807, 2.05) is 0 Å². The summed E-state index contributed by atoms with van der Waals surface area (Å²) < 4.78 is 0. The molecule has 70 valence electrons. The molecule has 1 fully saturated rings. The van der Waals surface area contributed by atoms with E-state index < -0.39 is 0 Å². The van der Waals surface area contributed by atoms with Gasteiger partial charge in [-0.25, -0.2) is 0 Å². The van der Waals surface area contributed by atoms with E-state index >= 15 is 0 Å². The molecule has 1 aliphatic rings. The fraction of sp³-hybridized carbons (Fsp3) is 0.875. The zero-order chi connectivity index (χ0) is 8.81. The van der Waals surface area contributed by atoms with Crippen LogP contribution >= 0.6 is 0 Å². The van der Waals surface area contributed by atoms with Crippen molar-refractivity contribution in [3.63, 3.8) is 0 Å². The highest BCUT2D eigenvalue weighted by Gasteiger charge is 2.15. The molecule has 1 unspecified atom stereocenters. The lowest BCUT2D eigenvalue weighted by atomic mass is 10.0. The Labute approximate surface area is 72.9 Å². The number of nitrogens with one attached hydrogen (secondary N) is 1. The van der Waals surface area contributed by atoms with Gasteiger partial charge in [-0.2, -0.15) is 0 Å². The van der Waals surface area contributed by atoms with Crippen molar-refractivity contribution in [3.8, 4) is 0 Å². The topological polar surface area (TPSA) is 70.6 Å². The lowest BCUT2D eigenvalue weighted by molar-refractivity contribution is 0.306. The number of aliphatic hydroxyl groups is 1. The second-order valence-electron chi connectivity index (χ2n) is 3.03. The summed E-state index contributed by atoms with van der Waals surface area (Å²) in [4.78, 5) is 4.05.